The van der Waals surface area contributed by atoms with Crippen LogP contribution in [0.5, 0.6) is 5.75 Å². The summed E-state index contributed by atoms with van der Waals surface area (Å²) in [6.45, 7) is 4.03. The molecular formula is C21H18FNO4. The molecule has 0 saturated carbocycles. The number of ether oxygens (including phenoxy) is 2. The van der Waals surface area contributed by atoms with E-state index in [4.69, 9.17) is 9.47 Å². The Morgan fingerprint density at radius 3 is 2.78 bits per heavy atom. The molecule has 0 aliphatic carbocycles. The molecule has 0 amide bonds. The summed E-state index contributed by atoms with van der Waals surface area (Å²) in [6.07, 6.45) is 1.49. The number of benzene rings is 2. The number of carbonyl (C=O) groups excluding carboxylic acids is 1. The van der Waals surface area contributed by atoms with E-state index in [-0.39, 0.29) is 23.6 Å². The van der Waals surface area contributed by atoms with Crippen molar-refractivity contribution in [2.45, 2.75) is 19.9 Å². The number of hydrogen-bond donors (Lipinski definition) is 0. The van der Waals surface area contributed by atoms with Gasteiger partial charge in [-0.1, -0.05) is 30.3 Å². The summed E-state index contributed by atoms with van der Waals surface area (Å²) < 4.78 is 27.7. The van der Waals surface area contributed by atoms with E-state index in [1.54, 1.807) is 23.6 Å². The average Bonchev–Trinajstić information content (AvgIpc) is 2.66. The SMILES string of the molecule is CCOC(=O)c1cn2c3c(c(-c4ccccc4)c(F)cc3c1=O)OCC2C. The first kappa shape index (κ1) is 17.3. The summed E-state index contributed by atoms with van der Waals surface area (Å²) in [4.78, 5) is 25.1. The minimum absolute atomic E-state index is 0.101. The lowest BCUT2D eigenvalue weighted by Crippen LogP contribution is -2.27. The Morgan fingerprint density at radius 2 is 2.07 bits per heavy atom. The van der Waals surface area contributed by atoms with Gasteiger partial charge in [0.15, 0.2) is 5.75 Å². The molecule has 5 nitrogen and oxygen atoms in total. The van der Waals surface area contributed by atoms with E-state index in [0.717, 1.165) is 0 Å². The van der Waals surface area contributed by atoms with E-state index in [9.17, 15) is 9.59 Å². The van der Waals surface area contributed by atoms with Crippen LogP contribution in [0.4, 0.5) is 4.39 Å². The third kappa shape index (κ3) is 2.68. The molecule has 138 valence electrons. The van der Waals surface area contributed by atoms with Gasteiger partial charge in [0.25, 0.3) is 0 Å². The zero-order chi connectivity index (χ0) is 19.1. The summed E-state index contributed by atoms with van der Waals surface area (Å²) in [5.74, 6) is -0.953. The smallest absolute Gasteiger partial charge is 0.343 e. The van der Waals surface area contributed by atoms with Gasteiger partial charge in [0.2, 0.25) is 5.43 Å². The molecule has 0 fully saturated rings. The second kappa shape index (κ2) is 6.54. The Labute approximate surface area is 154 Å². The van der Waals surface area contributed by atoms with Crippen LogP contribution in [0.1, 0.15) is 30.2 Å². The first-order valence-electron chi connectivity index (χ1n) is 8.79. The molecule has 1 atom stereocenters. The van der Waals surface area contributed by atoms with Gasteiger partial charge in [-0.05, 0) is 25.5 Å². The average molecular weight is 367 g/mol. The van der Waals surface area contributed by atoms with Crippen LogP contribution in [0.2, 0.25) is 0 Å². The van der Waals surface area contributed by atoms with Crippen molar-refractivity contribution in [2.24, 2.45) is 0 Å². The summed E-state index contributed by atoms with van der Waals surface area (Å²) in [5, 5.41) is 0.110. The lowest BCUT2D eigenvalue weighted by molar-refractivity contribution is 0.0523. The highest BCUT2D eigenvalue weighted by atomic mass is 19.1. The monoisotopic (exact) mass is 367 g/mol. The van der Waals surface area contributed by atoms with Crippen molar-refractivity contribution in [3.8, 4) is 16.9 Å². The molecule has 6 heteroatoms. The molecule has 1 aromatic heterocycles. The molecule has 1 aliphatic heterocycles. The van der Waals surface area contributed by atoms with Crippen LogP contribution in [-0.2, 0) is 4.74 Å². The summed E-state index contributed by atoms with van der Waals surface area (Å²) >= 11 is 0. The summed E-state index contributed by atoms with van der Waals surface area (Å²) in [6, 6.07) is 10.1. The van der Waals surface area contributed by atoms with Gasteiger partial charge in [-0.25, -0.2) is 9.18 Å². The maximum absolute atomic E-state index is 15.0. The summed E-state index contributed by atoms with van der Waals surface area (Å²) in [7, 11) is 0. The lowest BCUT2D eigenvalue weighted by atomic mass is 9.98. The molecule has 0 bridgehead atoms. The van der Waals surface area contributed by atoms with Crippen molar-refractivity contribution < 1.29 is 18.7 Å². The van der Waals surface area contributed by atoms with E-state index in [2.05, 4.69) is 0 Å². The van der Waals surface area contributed by atoms with E-state index in [0.29, 0.717) is 29.0 Å². The zero-order valence-electron chi connectivity index (χ0n) is 15.0. The highest BCUT2D eigenvalue weighted by Crippen LogP contribution is 2.41. The van der Waals surface area contributed by atoms with E-state index in [1.165, 1.54) is 12.3 Å². The quantitative estimate of drug-likeness (QED) is 0.658. The van der Waals surface area contributed by atoms with Gasteiger partial charge in [0.05, 0.1) is 29.1 Å². The Morgan fingerprint density at radius 1 is 1.33 bits per heavy atom. The molecular weight excluding hydrogens is 349 g/mol. The standard InChI is InChI=1S/C21H18FNO4/c1-3-26-21(25)15-10-23-12(2)11-27-20-17(13-7-5-4-6-8-13)16(22)9-14(18(20)23)19(15)24/h4-10,12H,3,11H2,1-2H3. The Kier molecular flexibility index (Phi) is 4.18. The molecule has 3 aromatic rings. The fourth-order valence-corrected chi connectivity index (χ4v) is 3.45. The maximum Gasteiger partial charge on any atom is 0.343 e. The molecule has 27 heavy (non-hydrogen) atoms. The number of carbonyl (C=O) groups is 1. The third-order valence-electron chi connectivity index (χ3n) is 4.72. The molecule has 4 rings (SSSR count). The first-order valence-corrected chi connectivity index (χ1v) is 8.79. The Balaban J connectivity index is 2.09. The highest BCUT2D eigenvalue weighted by Gasteiger charge is 2.28. The van der Waals surface area contributed by atoms with Crippen molar-refractivity contribution in [3.05, 3.63) is 64.2 Å². The Hall–Kier alpha value is -3.15. The van der Waals surface area contributed by atoms with Crippen molar-refractivity contribution in [1.82, 2.24) is 4.57 Å². The maximum atomic E-state index is 15.0. The molecule has 0 saturated heterocycles. The minimum Gasteiger partial charge on any atom is -0.488 e. The highest BCUT2D eigenvalue weighted by molar-refractivity contribution is 5.98. The number of rotatable bonds is 3. The first-order chi connectivity index (χ1) is 13.0. The van der Waals surface area contributed by atoms with Crippen LogP contribution in [-0.4, -0.2) is 23.8 Å². The van der Waals surface area contributed by atoms with Gasteiger partial charge in [-0.15, -0.1) is 0 Å². The van der Waals surface area contributed by atoms with Gasteiger partial charge in [-0.3, -0.25) is 4.79 Å². The van der Waals surface area contributed by atoms with Crippen LogP contribution in [0.25, 0.3) is 22.0 Å². The van der Waals surface area contributed by atoms with Crippen LogP contribution in [0.15, 0.2) is 47.4 Å². The number of hydrogen-bond acceptors (Lipinski definition) is 4. The zero-order valence-corrected chi connectivity index (χ0v) is 15.0. The van der Waals surface area contributed by atoms with Gasteiger partial charge in [0.1, 0.15) is 18.0 Å². The molecule has 0 N–H and O–H groups in total. The second-order valence-electron chi connectivity index (χ2n) is 6.48. The van der Waals surface area contributed by atoms with Gasteiger partial charge in [0, 0.05) is 6.20 Å². The normalized spacial score (nSPS) is 15.4. The number of halogens is 1. The molecule has 2 heterocycles. The second-order valence-corrected chi connectivity index (χ2v) is 6.48. The number of pyridine rings is 1. The number of aromatic nitrogens is 1. The van der Waals surface area contributed by atoms with Crippen molar-refractivity contribution in [2.75, 3.05) is 13.2 Å². The van der Waals surface area contributed by atoms with Crippen LogP contribution in [0, 0.1) is 5.82 Å². The topological polar surface area (TPSA) is 57.5 Å². The van der Waals surface area contributed by atoms with Crippen molar-refractivity contribution in [1.29, 1.82) is 0 Å². The van der Waals surface area contributed by atoms with Gasteiger partial charge >= 0.3 is 5.97 Å². The lowest BCUT2D eigenvalue weighted by Gasteiger charge is -2.28. The molecule has 0 spiro atoms. The number of esters is 1. The van der Waals surface area contributed by atoms with Crippen molar-refractivity contribution in [3.63, 3.8) is 0 Å². The third-order valence-corrected chi connectivity index (χ3v) is 4.72. The molecule has 2 aromatic carbocycles. The van der Waals surface area contributed by atoms with Gasteiger partial charge < -0.3 is 14.0 Å². The van der Waals surface area contributed by atoms with E-state index in [1.807, 2.05) is 25.1 Å². The number of nitrogens with zero attached hydrogens (tertiary/aromatic N) is 1. The fraction of sp³-hybridized carbons (Fsp3) is 0.238. The van der Waals surface area contributed by atoms with Gasteiger partial charge in [-0.2, -0.15) is 0 Å². The predicted molar refractivity (Wildman–Crippen MR) is 99.8 cm³/mol. The van der Waals surface area contributed by atoms with Crippen molar-refractivity contribution >= 4 is 16.9 Å². The fourth-order valence-electron chi connectivity index (χ4n) is 3.45. The largest absolute Gasteiger partial charge is 0.488 e. The van der Waals surface area contributed by atoms with Crippen LogP contribution < -0.4 is 10.2 Å². The van der Waals surface area contributed by atoms with E-state index < -0.39 is 17.2 Å². The molecule has 1 unspecified atom stereocenters. The van der Waals surface area contributed by atoms with E-state index >= 15 is 4.39 Å². The molecule has 0 radical (unpaired) electrons. The predicted octanol–water partition coefficient (Wildman–Crippen LogP) is 3.94. The van der Waals surface area contributed by atoms with Crippen LogP contribution >= 0.6 is 0 Å². The Bertz CT molecular complexity index is 1100. The van der Waals surface area contributed by atoms with Crippen LogP contribution in [0.3, 0.4) is 0 Å². The summed E-state index contributed by atoms with van der Waals surface area (Å²) in [5.41, 5.74) is 0.807. The molecule has 1 aliphatic rings. The minimum atomic E-state index is -0.707.